The van der Waals surface area contributed by atoms with Gasteiger partial charge in [-0.1, -0.05) is 6.92 Å². The van der Waals surface area contributed by atoms with Crippen molar-refractivity contribution in [2.75, 3.05) is 29.1 Å². The molecule has 1 atom stereocenters. The molecule has 0 fully saturated rings. The fourth-order valence-electron chi connectivity index (χ4n) is 2.49. The molecule has 0 aliphatic rings. The molecule has 0 spiro atoms. The fourth-order valence-corrected chi connectivity index (χ4v) is 2.49. The van der Waals surface area contributed by atoms with E-state index in [9.17, 15) is 14.4 Å². The normalized spacial score (nSPS) is 11.3. The molecule has 3 amide bonds. The third kappa shape index (κ3) is 6.64. The summed E-state index contributed by atoms with van der Waals surface area (Å²) >= 11 is 0. The van der Waals surface area contributed by atoms with E-state index < -0.39 is 0 Å². The Hall–Kier alpha value is -3.35. The molecule has 29 heavy (non-hydrogen) atoms. The summed E-state index contributed by atoms with van der Waals surface area (Å²) in [5, 5.41) is 8.74. The second-order valence-corrected chi connectivity index (χ2v) is 6.89. The van der Waals surface area contributed by atoms with Gasteiger partial charge in [0.15, 0.2) is 0 Å². The monoisotopic (exact) mass is 396 g/mol. The Bertz CT molecular complexity index is 847. The lowest BCUT2D eigenvalue weighted by Crippen LogP contribution is -2.31. The molecule has 0 aromatic heterocycles. The summed E-state index contributed by atoms with van der Waals surface area (Å²) in [4.78, 5) is 37.1. The Kier molecular flexibility index (Phi) is 7.77. The summed E-state index contributed by atoms with van der Waals surface area (Å²) in [6.45, 7) is 5.56. The van der Waals surface area contributed by atoms with E-state index in [1.165, 1.54) is 11.8 Å². The maximum Gasteiger partial charge on any atom is 0.251 e. The van der Waals surface area contributed by atoms with E-state index in [-0.39, 0.29) is 30.3 Å². The zero-order chi connectivity index (χ0) is 21.4. The number of carbonyl (C=O) groups excluding carboxylic acids is 3. The summed E-state index contributed by atoms with van der Waals surface area (Å²) in [5.74, 6) is -0.367. The van der Waals surface area contributed by atoms with Gasteiger partial charge in [-0.15, -0.1) is 0 Å². The molecule has 0 radical (unpaired) electrons. The molecule has 2 rings (SSSR count). The minimum atomic E-state index is -0.198. The van der Waals surface area contributed by atoms with E-state index >= 15 is 0 Å². The van der Waals surface area contributed by atoms with Crippen LogP contribution in [0.15, 0.2) is 48.5 Å². The molecule has 0 saturated heterocycles. The predicted molar refractivity (Wildman–Crippen MR) is 116 cm³/mol. The van der Waals surface area contributed by atoms with Crippen LogP contribution in [0, 0.1) is 0 Å². The smallest absolute Gasteiger partial charge is 0.251 e. The van der Waals surface area contributed by atoms with Crippen LogP contribution in [0.1, 0.15) is 37.6 Å². The highest BCUT2D eigenvalue weighted by Crippen LogP contribution is 2.17. The zero-order valence-electron chi connectivity index (χ0n) is 17.3. The molecule has 1 unspecified atom stereocenters. The number of rotatable bonds is 8. The van der Waals surface area contributed by atoms with E-state index in [4.69, 9.17) is 0 Å². The van der Waals surface area contributed by atoms with Gasteiger partial charge in [0.2, 0.25) is 11.8 Å². The fraction of sp³-hybridized carbons (Fsp3) is 0.318. The lowest BCUT2D eigenvalue weighted by atomic mass is 10.1. The second-order valence-electron chi connectivity index (χ2n) is 6.89. The van der Waals surface area contributed by atoms with Gasteiger partial charge in [0.1, 0.15) is 0 Å². The van der Waals surface area contributed by atoms with Crippen LogP contribution >= 0.6 is 0 Å². The van der Waals surface area contributed by atoms with Gasteiger partial charge < -0.3 is 20.9 Å². The number of anilines is 3. The van der Waals surface area contributed by atoms with Gasteiger partial charge in [0.25, 0.3) is 5.91 Å². The summed E-state index contributed by atoms with van der Waals surface area (Å²) in [7, 11) is 1.69. The van der Waals surface area contributed by atoms with Crippen LogP contribution in [0.4, 0.5) is 17.1 Å². The molecule has 2 aromatic carbocycles. The largest absolute Gasteiger partial charge is 0.376 e. The summed E-state index contributed by atoms with van der Waals surface area (Å²) in [6, 6.07) is 14.2. The Morgan fingerprint density at radius 3 is 2.10 bits per heavy atom. The van der Waals surface area contributed by atoms with Crippen molar-refractivity contribution in [3.63, 3.8) is 0 Å². The Morgan fingerprint density at radius 1 is 0.966 bits per heavy atom. The molecule has 7 nitrogen and oxygen atoms in total. The molecule has 0 aliphatic carbocycles. The van der Waals surface area contributed by atoms with Gasteiger partial charge in [-0.2, -0.15) is 0 Å². The van der Waals surface area contributed by atoms with Crippen LogP contribution in [0.2, 0.25) is 0 Å². The summed E-state index contributed by atoms with van der Waals surface area (Å²) in [5.41, 5.74) is 2.73. The molecule has 154 valence electrons. The average molecular weight is 396 g/mol. The first-order chi connectivity index (χ1) is 13.8. The number of hydrogen-bond acceptors (Lipinski definition) is 4. The third-order valence-corrected chi connectivity index (χ3v) is 4.60. The van der Waals surface area contributed by atoms with Crippen molar-refractivity contribution in [1.29, 1.82) is 0 Å². The molecule has 2 aromatic rings. The van der Waals surface area contributed by atoms with E-state index in [2.05, 4.69) is 16.0 Å². The number of carbonyl (C=O) groups is 3. The van der Waals surface area contributed by atoms with E-state index in [0.29, 0.717) is 11.3 Å². The first-order valence-electron chi connectivity index (χ1n) is 9.59. The lowest BCUT2D eigenvalue weighted by Gasteiger charge is -2.15. The van der Waals surface area contributed by atoms with Crippen LogP contribution in [0.3, 0.4) is 0 Å². The van der Waals surface area contributed by atoms with Crippen molar-refractivity contribution in [2.24, 2.45) is 0 Å². The van der Waals surface area contributed by atoms with E-state index in [1.807, 2.05) is 13.8 Å². The number of nitrogens with zero attached hydrogens (tertiary/aromatic N) is 1. The Balaban J connectivity index is 1.84. The highest BCUT2D eigenvalue weighted by atomic mass is 16.2. The molecular weight excluding hydrogens is 368 g/mol. The summed E-state index contributed by atoms with van der Waals surface area (Å²) < 4.78 is 0. The lowest BCUT2D eigenvalue weighted by molar-refractivity contribution is -0.116. The second kappa shape index (κ2) is 10.3. The van der Waals surface area contributed by atoms with Gasteiger partial charge >= 0.3 is 0 Å². The SMILES string of the molecule is CCC(C)NC(=O)c1ccc(NCC(=O)Nc2ccc(N(C)C(C)=O)cc2)cc1. The number of nitrogens with one attached hydrogen (secondary N) is 3. The van der Waals surface area contributed by atoms with Crippen molar-refractivity contribution < 1.29 is 14.4 Å². The molecule has 0 bridgehead atoms. The number of benzene rings is 2. The van der Waals surface area contributed by atoms with Crippen molar-refractivity contribution in [1.82, 2.24) is 5.32 Å². The van der Waals surface area contributed by atoms with Crippen LogP contribution in [-0.4, -0.2) is 37.4 Å². The van der Waals surface area contributed by atoms with Gasteiger partial charge in [-0.25, -0.2) is 0 Å². The van der Waals surface area contributed by atoms with Crippen molar-refractivity contribution >= 4 is 34.8 Å². The topological polar surface area (TPSA) is 90.5 Å². The van der Waals surface area contributed by atoms with E-state index in [1.54, 1.807) is 55.6 Å². The van der Waals surface area contributed by atoms with Crippen LogP contribution in [-0.2, 0) is 9.59 Å². The Labute approximate surface area is 171 Å². The molecular formula is C22H28N4O3. The zero-order valence-corrected chi connectivity index (χ0v) is 17.3. The van der Waals surface area contributed by atoms with Crippen molar-refractivity contribution in [3.8, 4) is 0 Å². The highest BCUT2D eigenvalue weighted by molar-refractivity contribution is 5.96. The van der Waals surface area contributed by atoms with Crippen LogP contribution in [0.5, 0.6) is 0 Å². The molecule has 0 aliphatic heterocycles. The Morgan fingerprint density at radius 2 is 1.55 bits per heavy atom. The summed E-state index contributed by atoms with van der Waals surface area (Å²) in [6.07, 6.45) is 0.872. The third-order valence-electron chi connectivity index (χ3n) is 4.60. The van der Waals surface area contributed by atoms with Gasteiger partial charge in [-0.05, 0) is 61.9 Å². The first-order valence-corrected chi connectivity index (χ1v) is 9.59. The number of hydrogen-bond donors (Lipinski definition) is 3. The minimum Gasteiger partial charge on any atom is -0.376 e. The molecule has 0 heterocycles. The molecule has 7 heteroatoms. The van der Waals surface area contributed by atoms with Crippen molar-refractivity contribution in [3.05, 3.63) is 54.1 Å². The van der Waals surface area contributed by atoms with Crippen LogP contribution < -0.4 is 20.9 Å². The standard InChI is InChI=1S/C22H28N4O3/c1-5-15(2)24-22(29)17-6-8-18(9-7-17)23-14-21(28)25-19-10-12-20(13-11-19)26(4)16(3)27/h6-13,15,23H,5,14H2,1-4H3,(H,24,29)(H,25,28). The minimum absolute atomic E-state index is 0.0608. The van der Waals surface area contributed by atoms with Gasteiger partial charge in [-0.3, -0.25) is 14.4 Å². The highest BCUT2D eigenvalue weighted by Gasteiger charge is 2.09. The predicted octanol–water partition coefficient (Wildman–Crippen LogP) is 3.25. The van der Waals surface area contributed by atoms with Crippen molar-refractivity contribution in [2.45, 2.75) is 33.2 Å². The molecule has 0 saturated carbocycles. The quantitative estimate of drug-likeness (QED) is 0.639. The van der Waals surface area contributed by atoms with Gasteiger partial charge in [0, 0.05) is 42.6 Å². The number of amides is 3. The first kappa shape index (κ1) is 21.9. The van der Waals surface area contributed by atoms with Gasteiger partial charge in [0.05, 0.1) is 6.54 Å². The average Bonchev–Trinajstić information content (AvgIpc) is 2.72. The molecule has 3 N–H and O–H groups in total. The maximum atomic E-state index is 12.1. The maximum absolute atomic E-state index is 12.1. The van der Waals surface area contributed by atoms with E-state index in [0.717, 1.165) is 17.8 Å². The van der Waals surface area contributed by atoms with Crippen LogP contribution in [0.25, 0.3) is 0 Å².